The van der Waals surface area contributed by atoms with E-state index in [1.807, 2.05) is 68.4 Å². The minimum Gasteiger partial charge on any atom is -0.494 e. The van der Waals surface area contributed by atoms with Crippen molar-refractivity contribution in [1.29, 1.82) is 0 Å². The van der Waals surface area contributed by atoms with Gasteiger partial charge in [-0.2, -0.15) is 0 Å². The first-order chi connectivity index (χ1) is 14.0. The highest BCUT2D eigenvalue weighted by molar-refractivity contribution is 7.99. The predicted octanol–water partition coefficient (Wildman–Crippen LogP) is 3.37. The van der Waals surface area contributed by atoms with Gasteiger partial charge in [0.25, 0.3) is 0 Å². The molecule has 1 amide bonds. The monoisotopic (exact) mass is 411 g/mol. The van der Waals surface area contributed by atoms with Gasteiger partial charge in [0.15, 0.2) is 5.82 Å². The zero-order chi connectivity index (χ0) is 20.8. The Bertz CT molecular complexity index is 943. The number of benzene rings is 2. The van der Waals surface area contributed by atoms with Gasteiger partial charge in [-0.05, 0) is 43.7 Å². The van der Waals surface area contributed by atoms with E-state index in [-0.39, 0.29) is 17.7 Å². The molecule has 152 valence electrons. The largest absolute Gasteiger partial charge is 0.494 e. The van der Waals surface area contributed by atoms with E-state index in [4.69, 9.17) is 10.6 Å². The van der Waals surface area contributed by atoms with Gasteiger partial charge in [0.05, 0.1) is 18.4 Å². The molecule has 3 rings (SSSR count). The van der Waals surface area contributed by atoms with Crippen molar-refractivity contribution < 1.29 is 9.53 Å². The highest BCUT2D eigenvalue weighted by Crippen LogP contribution is 2.25. The third-order valence-corrected chi connectivity index (χ3v) is 5.60. The van der Waals surface area contributed by atoms with E-state index in [9.17, 15) is 4.79 Å². The minimum atomic E-state index is -0.0144. The lowest BCUT2D eigenvalue weighted by Crippen LogP contribution is -2.31. The van der Waals surface area contributed by atoms with Gasteiger partial charge in [-0.3, -0.25) is 4.79 Å². The quantitative estimate of drug-likeness (QED) is 0.452. The molecule has 1 heterocycles. The molecule has 29 heavy (non-hydrogen) atoms. The summed E-state index contributed by atoms with van der Waals surface area (Å²) >= 11 is 1.27. The van der Waals surface area contributed by atoms with Crippen molar-refractivity contribution in [3.05, 3.63) is 60.2 Å². The van der Waals surface area contributed by atoms with E-state index in [0.29, 0.717) is 17.6 Å². The average molecular weight is 412 g/mol. The van der Waals surface area contributed by atoms with Crippen LogP contribution in [0.1, 0.15) is 25.5 Å². The van der Waals surface area contributed by atoms with Crippen LogP contribution in [-0.2, 0) is 4.79 Å². The number of thioether (sulfide) groups is 1. The molecule has 0 radical (unpaired) electrons. The molecule has 0 aliphatic heterocycles. The zero-order valence-corrected chi connectivity index (χ0v) is 17.6. The molecule has 0 bridgehead atoms. The Morgan fingerprint density at radius 3 is 2.52 bits per heavy atom. The molecule has 0 saturated heterocycles. The van der Waals surface area contributed by atoms with Crippen molar-refractivity contribution in [2.45, 2.75) is 25.0 Å². The summed E-state index contributed by atoms with van der Waals surface area (Å²) in [6.07, 6.45) is 0. The summed E-state index contributed by atoms with van der Waals surface area (Å²) < 4.78 is 6.86. The van der Waals surface area contributed by atoms with Crippen LogP contribution in [0.5, 0.6) is 5.75 Å². The first-order valence-electron chi connectivity index (χ1n) is 9.38. The number of nitrogen functional groups attached to an aromatic ring is 1. The maximum Gasteiger partial charge on any atom is 0.233 e. The third kappa shape index (κ3) is 4.89. The Morgan fingerprint density at radius 2 is 1.86 bits per heavy atom. The van der Waals surface area contributed by atoms with Gasteiger partial charge >= 0.3 is 0 Å². The van der Waals surface area contributed by atoms with Crippen LogP contribution in [0.25, 0.3) is 11.4 Å². The van der Waals surface area contributed by atoms with Crippen LogP contribution < -0.4 is 10.6 Å². The minimum absolute atomic E-state index is 0.00281. The molecule has 1 aromatic heterocycles. The van der Waals surface area contributed by atoms with Crippen LogP contribution >= 0.6 is 11.8 Å². The second kappa shape index (κ2) is 9.47. The number of carbonyl (C=O) groups is 1. The molecule has 2 aromatic carbocycles. The van der Waals surface area contributed by atoms with E-state index >= 15 is 0 Å². The van der Waals surface area contributed by atoms with Crippen molar-refractivity contribution in [1.82, 2.24) is 19.8 Å². The smallest absolute Gasteiger partial charge is 0.233 e. The summed E-state index contributed by atoms with van der Waals surface area (Å²) in [4.78, 5) is 14.3. The highest BCUT2D eigenvalue weighted by Gasteiger charge is 2.19. The normalized spacial score (nSPS) is 11.8. The molecule has 2 N–H and O–H groups in total. The number of nitrogens with two attached hydrogens (primary N) is 1. The Kier molecular flexibility index (Phi) is 6.77. The zero-order valence-electron chi connectivity index (χ0n) is 16.8. The first kappa shape index (κ1) is 20.7. The Labute approximate surface area is 174 Å². The standard InChI is InChI=1S/C21H25N5O2S/c1-4-28-18-12-10-17(11-13-18)20-23-24-21(26(20)22)29-14-19(27)25(3)15(2)16-8-6-5-7-9-16/h5-13,15H,4,14,22H2,1-3H3/t15-/m0/s1. The number of nitrogens with zero attached hydrogens (tertiary/aromatic N) is 4. The number of amides is 1. The fourth-order valence-electron chi connectivity index (χ4n) is 2.84. The number of carbonyl (C=O) groups excluding carboxylic acids is 1. The molecule has 0 spiro atoms. The lowest BCUT2D eigenvalue weighted by atomic mass is 10.1. The summed E-state index contributed by atoms with van der Waals surface area (Å²) in [7, 11) is 1.80. The molecule has 8 heteroatoms. The van der Waals surface area contributed by atoms with Crippen LogP contribution in [-0.4, -0.2) is 45.1 Å². The third-order valence-electron chi connectivity index (χ3n) is 4.67. The van der Waals surface area contributed by atoms with Crippen LogP contribution in [0.2, 0.25) is 0 Å². The molecular formula is C21H25N5O2S. The molecule has 7 nitrogen and oxygen atoms in total. The molecule has 0 aliphatic rings. The van der Waals surface area contributed by atoms with Crippen molar-refractivity contribution in [3.63, 3.8) is 0 Å². The van der Waals surface area contributed by atoms with Crippen LogP contribution in [0, 0.1) is 0 Å². The van der Waals surface area contributed by atoms with Gasteiger partial charge in [-0.1, -0.05) is 42.1 Å². The topological polar surface area (TPSA) is 86.3 Å². The van der Waals surface area contributed by atoms with E-state index in [1.54, 1.807) is 11.9 Å². The summed E-state index contributed by atoms with van der Waals surface area (Å²) in [6, 6.07) is 17.4. The first-order valence-corrected chi connectivity index (χ1v) is 10.4. The summed E-state index contributed by atoms with van der Waals surface area (Å²) in [6.45, 7) is 4.55. The van der Waals surface area contributed by atoms with Crippen LogP contribution in [0.3, 0.4) is 0 Å². The van der Waals surface area contributed by atoms with Gasteiger partial charge < -0.3 is 15.5 Å². The molecule has 0 fully saturated rings. The van der Waals surface area contributed by atoms with E-state index in [1.165, 1.54) is 16.4 Å². The van der Waals surface area contributed by atoms with Gasteiger partial charge in [-0.15, -0.1) is 10.2 Å². The van der Waals surface area contributed by atoms with E-state index in [0.717, 1.165) is 16.9 Å². The van der Waals surface area contributed by atoms with Gasteiger partial charge in [0.2, 0.25) is 11.1 Å². The average Bonchev–Trinajstić information content (AvgIpc) is 3.12. The van der Waals surface area contributed by atoms with Gasteiger partial charge in [0.1, 0.15) is 5.75 Å². The second-order valence-corrected chi connectivity index (χ2v) is 7.46. The molecular weight excluding hydrogens is 386 g/mol. The molecule has 0 aliphatic carbocycles. The van der Waals surface area contributed by atoms with Crippen LogP contribution in [0.15, 0.2) is 59.8 Å². The fourth-order valence-corrected chi connectivity index (χ4v) is 3.62. The maximum absolute atomic E-state index is 12.6. The Balaban J connectivity index is 1.63. The number of rotatable bonds is 8. The lowest BCUT2D eigenvalue weighted by molar-refractivity contribution is -0.128. The van der Waals surface area contributed by atoms with E-state index < -0.39 is 0 Å². The SMILES string of the molecule is CCOc1ccc(-c2nnc(SCC(=O)N(C)[C@@H](C)c3ccccc3)n2N)cc1. The molecule has 3 aromatic rings. The highest BCUT2D eigenvalue weighted by atomic mass is 32.2. The number of hydrogen-bond acceptors (Lipinski definition) is 6. The number of aromatic nitrogens is 3. The summed E-state index contributed by atoms with van der Waals surface area (Å²) in [5.41, 5.74) is 1.92. The lowest BCUT2D eigenvalue weighted by Gasteiger charge is -2.25. The number of ether oxygens (including phenoxy) is 1. The molecule has 0 unspecified atom stereocenters. The summed E-state index contributed by atoms with van der Waals surface area (Å²) in [5.74, 6) is 7.71. The van der Waals surface area contributed by atoms with Gasteiger partial charge in [-0.25, -0.2) is 4.68 Å². The van der Waals surface area contributed by atoms with Crippen molar-refractivity contribution in [2.75, 3.05) is 25.3 Å². The van der Waals surface area contributed by atoms with Crippen LogP contribution in [0.4, 0.5) is 0 Å². The number of hydrogen-bond donors (Lipinski definition) is 1. The van der Waals surface area contributed by atoms with E-state index in [2.05, 4.69) is 10.2 Å². The van der Waals surface area contributed by atoms with Gasteiger partial charge in [0, 0.05) is 12.6 Å². The summed E-state index contributed by atoms with van der Waals surface area (Å²) in [5, 5.41) is 8.79. The maximum atomic E-state index is 12.6. The molecule has 1 atom stereocenters. The second-order valence-electron chi connectivity index (χ2n) is 6.51. The van der Waals surface area contributed by atoms with Crippen molar-refractivity contribution in [2.24, 2.45) is 0 Å². The Morgan fingerprint density at radius 1 is 1.17 bits per heavy atom. The predicted molar refractivity (Wildman–Crippen MR) is 115 cm³/mol. The van der Waals surface area contributed by atoms with Crippen molar-refractivity contribution in [3.8, 4) is 17.1 Å². The van der Waals surface area contributed by atoms with Crippen molar-refractivity contribution >= 4 is 17.7 Å². The Hall–Kier alpha value is -3.00. The fraction of sp³-hybridized carbons (Fsp3) is 0.286. The molecule has 0 saturated carbocycles.